The van der Waals surface area contributed by atoms with Crippen molar-refractivity contribution in [2.24, 2.45) is 5.92 Å². The van der Waals surface area contributed by atoms with Crippen molar-refractivity contribution in [3.05, 3.63) is 35.7 Å². The summed E-state index contributed by atoms with van der Waals surface area (Å²) in [5.74, 6) is 0.847. The topological polar surface area (TPSA) is 76.9 Å². The van der Waals surface area contributed by atoms with E-state index in [0.717, 1.165) is 23.8 Å². The lowest BCUT2D eigenvalue weighted by molar-refractivity contribution is -0.118. The molecule has 1 aromatic carbocycles. The average molecular weight is 415 g/mol. The summed E-state index contributed by atoms with van der Waals surface area (Å²) < 4.78 is 2.22. The number of ketones is 1. The van der Waals surface area contributed by atoms with Crippen LogP contribution in [0.15, 0.2) is 29.4 Å². The van der Waals surface area contributed by atoms with Crippen LogP contribution in [-0.2, 0) is 4.79 Å². The van der Waals surface area contributed by atoms with Gasteiger partial charge < -0.3 is 9.88 Å². The minimum Gasteiger partial charge on any atom is -0.326 e. The number of nitrogens with one attached hydrogen (secondary N) is 1. The summed E-state index contributed by atoms with van der Waals surface area (Å²) in [6.45, 7) is 7.60. The van der Waals surface area contributed by atoms with Crippen LogP contribution in [-0.4, -0.2) is 31.7 Å². The molecule has 1 heterocycles. The predicted octanol–water partition coefficient (Wildman–Crippen LogP) is 5.05. The highest BCUT2D eigenvalue weighted by atomic mass is 32.2. The molecule has 3 rings (SSSR count). The fourth-order valence-electron chi connectivity index (χ4n) is 3.64. The number of aromatic nitrogens is 3. The van der Waals surface area contributed by atoms with E-state index in [-0.39, 0.29) is 22.9 Å². The van der Waals surface area contributed by atoms with Crippen molar-refractivity contribution in [1.82, 2.24) is 14.8 Å². The van der Waals surface area contributed by atoms with Gasteiger partial charge in [0.15, 0.2) is 10.9 Å². The summed E-state index contributed by atoms with van der Waals surface area (Å²) in [4.78, 5) is 24.7. The Balaban J connectivity index is 1.67. The maximum Gasteiger partial charge on any atom is 0.226 e. The Morgan fingerprint density at radius 2 is 1.72 bits per heavy atom. The fourth-order valence-corrected chi connectivity index (χ4v) is 4.68. The van der Waals surface area contributed by atoms with Crippen LogP contribution in [0.5, 0.6) is 0 Å². The molecule has 1 aromatic heterocycles. The number of hydrogen-bond donors (Lipinski definition) is 1. The van der Waals surface area contributed by atoms with Crippen LogP contribution < -0.4 is 5.32 Å². The van der Waals surface area contributed by atoms with Crippen LogP contribution in [0.25, 0.3) is 0 Å². The maximum atomic E-state index is 12.9. The van der Waals surface area contributed by atoms with Gasteiger partial charge in [0.2, 0.25) is 5.91 Å². The standard InChI is InChI=1S/C22H30N4O2S/c1-14(2)21(28)23-18-12-10-17(11-13-18)20(27)15(3)29-22-25-24-16(4)26(22)19-8-6-5-7-9-19/h10-15,19H,5-9H2,1-4H3,(H,23,28)/t15-/m0/s1. The highest BCUT2D eigenvalue weighted by Gasteiger charge is 2.25. The summed E-state index contributed by atoms with van der Waals surface area (Å²) in [6.07, 6.45) is 6.07. The number of Topliss-reactive ketones (excluding diaryl/α,β-unsaturated/α-hetero) is 1. The second-order valence-electron chi connectivity index (χ2n) is 8.04. The number of carbonyl (C=O) groups is 2. The molecule has 0 spiro atoms. The van der Waals surface area contributed by atoms with Gasteiger partial charge in [-0.3, -0.25) is 9.59 Å². The molecule has 1 fully saturated rings. The molecule has 0 saturated heterocycles. The Labute approximate surface area is 176 Å². The second kappa shape index (κ2) is 9.57. The van der Waals surface area contributed by atoms with E-state index in [1.54, 1.807) is 24.3 Å². The molecule has 156 valence electrons. The van der Waals surface area contributed by atoms with Crippen molar-refractivity contribution in [3.8, 4) is 0 Å². The van der Waals surface area contributed by atoms with Crippen molar-refractivity contribution >= 4 is 29.1 Å². The Morgan fingerprint density at radius 1 is 1.07 bits per heavy atom. The summed E-state index contributed by atoms with van der Waals surface area (Å²) >= 11 is 1.48. The number of nitrogens with zero attached hydrogens (tertiary/aromatic N) is 3. The first-order chi connectivity index (χ1) is 13.9. The summed E-state index contributed by atoms with van der Waals surface area (Å²) in [7, 11) is 0. The number of anilines is 1. The zero-order chi connectivity index (χ0) is 21.0. The third-order valence-electron chi connectivity index (χ3n) is 5.39. The minimum absolute atomic E-state index is 0.0366. The van der Waals surface area contributed by atoms with Gasteiger partial charge in [-0.1, -0.05) is 44.9 Å². The molecule has 2 aromatic rings. The number of carbonyl (C=O) groups excluding carboxylic acids is 2. The molecule has 29 heavy (non-hydrogen) atoms. The zero-order valence-corrected chi connectivity index (χ0v) is 18.5. The molecule has 7 heteroatoms. The van der Waals surface area contributed by atoms with E-state index >= 15 is 0 Å². The molecule has 1 N–H and O–H groups in total. The molecule has 1 aliphatic rings. The number of benzene rings is 1. The van der Waals surface area contributed by atoms with Gasteiger partial charge in [-0.25, -0.2) is 0 Å². The third-order valence-corrected chi connectivity index (χ3v) is 6.44. The van der Waals surface area contributed by atoms with Crippen molar-refractivity contribution in [2.75, 3.05) is 5.32 Å². The molecule has 1 atom stereocenters. The first-order valence-corrected chi connectivity index (χ1v) is 11.3. The van der Waals surface area contributed by atoms with E-state index in [1.807, 2.05) is 27.7 Å². The first-order valence-electron chi connectivity index (χ1n) is 10.4. The molecular formula is C22H30N4O2S. The van der Waals surface area contributed by atoms with E-state index in [0.29, 0.717) is 17.3 Å². The number of amides is 1. The van der Waals surface area contributed by atoms with Crippen LogP contribution >= 0.6 is 11.8 Å². The number of rotatable bonds is 7. The Hall–Kier alpha value is -2.15. The number of aryl methyl sites for hydroxylation is 1. The van der Waals surface area contributed by atoms with Gasteiger partial charge in [0.05, 0.1) is 5.25 Å². The summed E-state index contributed by atoms with van der Waals surface area (Å²) in [5.41, 5.74) is 1.33. The lowest BCUT2D eigenvalue weighted by atomic mass is 9.95. The normalized spacial score (nSPS) is 16.0. The molecule has 0 unspecified atom stereocenters. The third kappa shape index (κ3) is 5.26. The Bertz CT molecular complexity index is 854. The van der Waals surface area contributed by atoms with Crippen LogP contribution in [0.4, 0.5) is 5.69 Å². The van der Waals surface area contributed by atoms with Crippen LogP contribution in [0.1, 0.15) is 75.1 Å². The molecule has 0 radical (unpaired) electrons. The predicted molar refractivity (Wildman–Crippen MR) is 116 cm³/mol. The van der Waals surface area contributed by atoms with Gasteiger partial charge in [0, 0.05) is 23.2 Å². The van der Waals surface area contributed by atoms with Gasteiger partial charge in [0.25, 0.3) is 0 Å². The van der Waals surface area contributed by atoms with Gasteiger partial charge in [-0.05, 0) is 51.0 Å². The van der Waals surface area contributed by atoms with Crippen molar-refractivity contribution in [2.45, 2.75) is 76.2 Å². The molecule has 6 nitrogen and oxygen atoms in total. The van der Waals surface area contributed by atoms with Crippen LogP contribution in [0, 0.1) is 12.8 Å². The van der Waals surface area contributed by atoms with Gasteiger partial charge in [-0.2, -0.15) is 0 Å². The van der Waals surface area contributed by atoms with E-state index < -0.39 is 0 Å². The average Bonchev–Trinajstić information content (AvgIpc) is 3.08. The highest BCUT2D eigenvalue weighted by Crippen LogP contribution is 2.34. The van der Waals surface area contributed by atoms with Gasteiger partial charge in [0.1, 0.15) is 5.82 Å². The van der Waals surface area contributed by atoms with Gasteiger partial charge >= 0.3 is 0 Å². The van der Waals surface area contributed by atoms with Crippen molar-refractivity contribution in [3.63, 3.8) is 0 Å². The maximum absolute atomic E-state index is 12.9. The number of hydrogen-bond acceptors (Lipinski definition) is 5. The molecule has 0 aliphatic heterocycles. The lowest BCUT2D eigenvalue weighted by Gasteiger charge is -2.25. The van der Waals surface area contributed by atoms with Crippen molar-refractivity contribution < 1.29 is 9.59 Å². The van der Waals surface area contributed by atoms with Gasteiger partial charge in [-0.15, -0.1) is 10.2 Å². The fraction of sp³-hybridized carbons (Fsp3) is 0.545. The molecule has 1 aliphatic carbocycles. The summed E-state index contributed by atoms with van der Waals surface area (Å²) in [5, 5.41) is 12.0. The Morgan fingerprint density at radius 3 is 2.34 bits per heavy atom. The minimum atomic E-state index is -0.267. The SMILES string of the molecule is Cc1nnc(S[C@@H](C)C(=O)c2ccc(NC(=O)C(C)C)cc2)n1C1CCCCC1. The molecular weight excluding hydrogens is 384 g/mol. The quantitative estimate of drug-likeness (QED) is 0.507. The van der Waals surface area contributed by atoms with Crippen LogP contribution in [0.3, 0.4) is 0 Å². The van der Waals surface area contributed by atoms with E-state index in [9.17, 15) is 9.59 Å². The highest BCUT2D eigenvalue weighted by molar-refractivity contribution is 8.00. The van der Waals surface area contributed by atoms with E-state index in [4.69, 9.17) is 0 Å². The lowest BCUT2D eigenvalue weighted by Crippen LogP contribution is -2.19. The monoisotopic (exact) mass is 414 g/mol. The number of thioether (sulfide) groups is 1. The van der Waals surface area contributed by atoms with E-state index in [2.05, 4.69) is 20.1 Å². The Kier molecular flexibility index (Phi) is 7.11. The van der Waals surface area contributed by atoms with Crippen LogP contribution in [0.2, 0.25) is 0 Å². The van der Waals surface area contributed by atoms with E-state index in [1.165, 1.54) is 31.0 Å². The molecule has 1 saturated carbocycles. The molecule has 0 bridgehead atoms. The second-order valence-corrected chi connectivity index (χ2v) is 9.35. The summed E-state index contributed by atoms with van der Waals surface area (Å²) in [6, 6.07) is 7.53. The molecule has 1 amide bonds. The first kappa shape index (κ1) is 21.6. The zero-order valence-electron chi connectivity index (χ0n) is 17.6. The van der Waals surface area contributed by atoms with Crippen molar-refractivity contribution in [1.29, 1.82) is 0 Å². The smallest absolute Gasteiger partial charge is 0.226 e. The largest absolute Gasteiger partial charge is 0.326 e.